The molecule has 0 aliphatic heterocycles. The molecule has 3 aromatic rings. The normalized spacial score (nSPS) is 10.5. The summed E-state index contributed by atoms with van der Waals surface area (Å²) in [7, 11) is 0. The molecule has 1 N–H and O–H groups in total. The van der Waals surface area contributed by atoms with E-state index in [4.69, 9.17) is 16.1 Å². The molecule has 23 heavy (non-hydrogen) atoms. The van der Waals surface area contributed by atoms with E-state index in [9.17, 15) is 9.18 Å². The fraction of sp³-hybridized carbons (Fsp3) is 0.0625. The molecule has 0 aliphatic carbocycles. The minimum absolute atomic E-state index is 0.0245. The predicted octanol–water partition coefficient (Wildman–Crippen LogP) is 3.46. The molecule has 0 radical (unpaired) electrons. The van der Waals surface area contributed by atoms with Crippen LogP contribution in [-0.2, 0) is 6.54 Å². The maximum absolute atomic E-state index is 13.7. The highest BCUT2D eigenvalue weighted by atomic mass is 35.5. The van der Waals surface area contributed by atoms with Crippen LogP contribution in [0.4, 0.5) is 4.39 Å². The molecule has 5 nitrogen and oxygen atoms in total. The van der Waals surface area contributed by atoms with Crippen molar-refractivity contribution < 1.29 is 13.7 Å². The summed E-state index contributed by atoms with van der Waals surface area (Å²) < 4.78 is 18.7. The third-order valence-corrected chi connectivity index (χ3v) is 3.41. The van der Waals surface area contributed by atoms with Crippen LogP contribution in [0.3, 0.4) is 0 Å². The van der Waals surface area contributed by atoms with Crippen LogP contribution >= 0.6 is 11.6 Å². The van der Waals surface area contributed by atoms with Gasteiger partial charge in [0.1, 0.15) is 5.82 Å². The Morgan fingerprint density at radius 1 is 1.17 bits per heavy atom. The van der Waals surface area contributed by atoms with Crippen LogP contribution in [0, 0.1) is 5.82 Å². The second kappa shape index (κ2) is 6.58. The van der Waals surface area contributed by atoms with E-state index in [-0.39, 0.29) is 23.0 Å². The molecule has 0 bridgehead atoms. The van der Waals surface area contributed by atoms with Gasteiger partial charge < -0.3 is 9.84 Å². The van der Waals surface area contributed by atoms with Crippen LogP contribution in [-0.4, -0.2) is 16.0 Å². The van der Waals surface area contributed by atoms with Crippen molar-refractivity contribution in [3.63, 3.8) is 0 Å². The average Bonchev–Trinajstić information content (AvgIpc) is 3.02. The molecule has 0 unspecified atom stereocenters. The summed E-state index contributed by atoms with van der Waals surface area (Å²) in [6.45, 7) is -0.0245. The second-order valence-electron chi connectivity index (χ2n) is 4.66. The first kappa shape index (κ1) is 15.2. The number of carbonyl (C=O) groups is 1. The SMILES string of the molecule is O=C(NCc1nc(-c2ccccc2)no1)c1c(F)cccc1Cl. The van der Waals surface area contributed by atoms with Gasteiger partial charge in [0, 0.05) is 5.56 Å². The number of amides is 1. The molecule has 0 saturated carbocycles. The summed E-state index contributed by atoms with van der Waals surface area (Å²) in [6.07, 6.45) is 0. The third kappa shape index (κ3) is 3.37. The van der Waals surface area contributed by atoms with E-state index in [0.29, 0.717) is 5.82 Å². The van der Waals surface area contributed by atoms with Gasteiger partial charge in [-0.25, -0.2) is 4.39 Å². The highest BCUT2D eigenvalue weighted by Crippen LogP contribution is 2.19. The maximum Gasteiger partial charge on any atom is 0.256 e. The van der Waals surface area contributed by atoms with Gasteiger partial charge in [0.2, 0.25) is 11.7 Å². The number of nitrogens with one attached hydrogen (secondary N) is 1. The van der Waals surface area contributed by atoms with Gasteiger partial charge in [-0.2, -0.15) is 4.98 Å². The number of nitrogens with zero attached hydrogens (tertiary/aromatic N) is 2. The lowest BCUT2D eigenvalue weighted by Gasteiger charge is -2.05. The Bertz CT molecular complexity index is 816. The van der Waals surface area contributed by atoms with E-state index in [1.54, 1.807) is 0 Å². The van der Waals surface area contributed by atoms with Gasteiger partial charge in [-0.3, -0.25) is 4.79 Å². The smallest absolute Gasteiger partial charge is 0.256 e. The molecule has 0 atom stereocenters. The zero-order valence-corrected chi connectivity index (χ0v) is 12.5. The van der Waals surface area contributed by atoms with Crippen LogP contribution < -0.4 is 5.32 Å². The van der Waals surface area contributed by atoms with E-state index < -0.39 is 11.7 Å². The van der Waals surface area contributed by atoms with Gasteiger partial charge in [-0.1, -0.05) is 53.2 Å². The quantitative estimate of drug-likeness (QED) is 0.795. The lowest BCUT2D eigenvalue weighted by molar-refractivity contribution is 0.0942. The first-order valence-electron chi connectivity index (χ1n) is 6.75. The molecule has 1 aromatic heterocycles. The number of hydrogen-bond donors (Lipinski definition) is 1. The number of halogens is 2. The molecule has 0 saturated heterocycles. The number of rotatable bonds is 4. The minimum atomic E-state index is -0.689. The summed E-state index contributed by atoms with van der Waals surface area (Å²) in [4.78, 5) is 16.2. The van der Waals surface area contributed by atoms with Gasteiger partial charge in [-0.05, 0) is 12.1 Å². The number of carbonyl (C=O) groups excluding carboxylic acids is 1. The summed E-state index contributed by atoms with van der Waals surface area (Å²) in [5.41, 5.74) is 0.586. The zero-order chi connectivity index (χ0) is 16.2. The average molecular weight is 332 g/mol. The molecular formula is C16H11ClFN3O2. The number of hydrogen-bond acceptors (Lipinski definition) is 4. The first-order valence-corrected chi connectivity index (χ1v) is 7.13. The molecule has 2 aromatic carbocycles. The van der Waals surface area contributed by atoms with Crippen LogP contribution in [0.25, 0.3) is 11.4 Å². The third-order valence-electron chi connectivity index (χ3n) is 3.09. The molecule has 3 rings (SSSR count). The highest BCUT2D eigenvalue weighted by Gasteiger charge is 2.16. The van der Waals surface area contributed by atoms with Crippen molar-refractivity contribution in [1.82, 2.24) is 15.5 Å². The van der Waals surface area contributed by atoms with Gasteiger partial charge in [-0.15, -0.1) is 0 Å². The molecule has 0 spiro atoms. The van der Waals surface area contributed by atoms with Gasteiger partial charge >= 0.3 is 0 Å². The Kier molecular flexibility index (Phi) is 4.34. The maximum atomic E-state index is 13.7. The van der Waals surface area contributed by atoms with Crippen molar-refractivity contribution in [2.24, 2.45) is 0 Å². The van der Waals surface area contributed by atoms with Crippen molar-refractivity contribution in [2.75, 3.05) is 0 Å². The highest BCUT2D eigenvalue weighted by molar-refractivity contribution is 6.33. The van der Waals surface area contributed by atoms with Crippen molar-refractivity contribution in [3.05, 3.63) is 70.8 Å². The van der Waals surface area contributed by atoms with Crippen LogP contribution in [0.15, 0.2) is 53.1 Å². The monoisotopic (exact) mass is 331 g/mol. The van der Waals surface area contributed by atoms with Gasteiger partial charge in [0.15, 0.2) is 0 Å². The lowest BCUT2D eigenvalue weighted by Crippen LogP contribution is -2.24. The molecule has 116 valence electrons. The molecule has 1 amide bonds. The van der Waals surface area contributed by atoms with Crippen molar-refractivity contribution in [3.8, 4) is 11.4 Å². The van der Waals surface area contributed by atoms with E-state index in [2.05, 4.69) is 15.5 Å². The van der Waals surface area contributed by atoms with E-state index in [0.717, 1.165) is 5.56 Å². The summed E-state index contributed by atoms with van der Waals surface area (Å²) >= 11 is 5.84. The van der Waals surface area contributed by atoms with E-state index in [1.807, 2.05) is 30.3 Å². The standard InChI is InChI=1S/C16H11ClFN3O2/c17-11-7-4-8-12(18)14(11)16(22)19-9-13-20-15(21-23-13)10-5-2-1-3-6-10/h1-8H,9H2,(H,19,22). The largest absolute Gasteiger partial charge is 0.343 e. The van der Waals surface area contributed by atoms with Crippen molar-refractivity contribution >= 4 is 17.5 Å². The Morgan fingerprint density at radius 3 is 2.70 bits per heavy atom. The van der Waals surface area contributed by atoms with E-state index >= 15 is 0 Å². The molecular weight excluding hydrogens is 321 g/mol. The number of aromatic nitrogens is 2. The number of benzene rings is 2. The van der Waals surface area contributed by atoms with Crippen LogP contribution in [0.2, 0.25) is 5.02 Å². The second-order valence-corrected chi connectivity index (χ2v) is 5.06. The van der Waals surface area contributed by atoms with E-state index in [1.165, 1.54) is 18.2 Å². The molecule has 7 heteroatoms. The summed E-state index contributed by atoms with van der Waals surface area (Å²) in [5.74, 6) is -0.707. The Morgan fingerprint density at radius 2 is 1.96 bits per heavy atom. The van der Waals surface area contributed by atoms with Crippen LogP contribution in [0.5, 0.6) is 0 Å². The molecule has 0 fully saturated rings. The Balaban J connectivity index is 1.70. The Labute approximate surface area is 136 Å². The first-order chi connectivity index (χ1) is 11.1. The zero-order valence-electron chi connectivity index (χ0n) is 11.8. The fourth-order valence-corrected chi connectivity index (χ4v) is 2.24. The van der Waals surface area contributed by atoms with Crippen molar-refractivity contribution in [1.29, 1.82) is 0 Å². The molecule has 1 heterocycles. The lowest BCUT2D eigenvalue weighted by atomic mass is 10.2. The van der Waals surface area contributed by atoms with Gasteiger partial charge in [0.05, 0.1) is 17.1 Å². The fourth-order valence-electron chi connectivity index (χ4n) is 1.99. The molecule has 0 aliphatic rings. The summed E-state index contributed by atoms with van der Waals surface area (Å²) in [5, 5.41) is 6.38. The predicted molar refractivity (Wildman–Crippen MR) is 82.3 cm³/mol. The topological polar surface area (TPSA) is 68.0 Å². The minimum Gasteiger partial charge on any atom is -0.343 e. The van der Waals surface area contributed by atoms with Crippen molar-refractivity contribution in [2.45, 2.75) is 6.54 Å². The summed E-state index contributed by atoms with van der Waals surface area (Å²) in [6, 6.07) is 13.3. The van der Waals surface area contributed by atoms with Crippen LogP contribution in [0.1, 0.15) is 16.2 Å². The van der Waals surface area contributed by atoms with Gasteiger partial charge in [0.25, 0.3) is 5.91 Å². The Hall–Kier alpha value is -2.73.